The Bertz CT molecular complexity index is 2450. The fraction of sp³-hybridized carbons (Fsp3) is 0.500. The normalized spacial score (nSPS) is 21.5. The molecule has 4 aliphatic heterocycles. The van der Waals surface area contributed by atoms with Crippen LogP contribution < -0.4 is 15.4 Å². The zero-order valence-corrected chi connectivity index (χ0v) is 37.4. The number of nitrogens with one attached hydrogen (secondary N) is 3. The van der Waals surface area contributed by atoms with Gasteiger partial charge in [0.1, 0.15) is 30.3 Å². The van der Waals surface area contributed by atoms with Gasteiger partial charge in [0.15, 0.2) is 0 Å². The molecule has 0 unspecified atom stereocenters. The quantitative estimate of drug-likeness (QED) is 0.129. The Kier molecular flexibility index (Phi) is 12.5. The van der Waals surface area contributed by atoms with Gasteiger partial charge < -0.3 is 44.4 Å². The third-order valence-electron chi connectivity index (χ3n) is 13.4. The Balaban J connectivity index is 1.02. The maximum Gasteiger partial charge on any atom is 0.407 e. The Labute approximate surface area is 368 Å². The number of methoxy groups -OCH3 is 2. The van der Waals surface area contributed by atoms with E-state index in [2.05, 4.69) is 58.1 Å². The van der Waals surface area contributed by atoms with Crippen LogP contribution in [0.1, 0.15) is 90.2 Å². The molecule has 0 radical (unpaired) electrons. The fourth-order valence-corrected chi connectivity index (χ4v) is 9.79. The van der Waals surface area contributed by atoms with Crippen LogP contribution in [0.4, 0.5) is 15.3 Å². The molecule has 334 valence electrons. The van der Waals surface area contributed by atoms with Crippen LogP contribution in [0.15, 0.2) is 53.7 Å². The van der Waals surface area contributed by atoms with Crippen molar-refractivity contribution in [2.75, 3.05) is 27.4 Å². The molecule has 2 fully saturated rings. The minimum atomic E-state index is -0.749. The molecular weight excluding hydrogens is 803 g/mol. The first kappa shape index (κ1) is 43.7. The average Bonchev–Trinajstić information content (AvgIpc) is 4.11. The van der Waals surface area contributed by atoms with Crippen LogP contribution in [0.25, 0.3) is 33.2 Å². The van der Waals surface area contributed by atoms with Crippen molar-refractivity contribution in [1.82, 2.24) is 30.4 Å². The standard InChI is InChI=1S/C48H59N7O8/c1-9-26(5)43(53-48(59)61-8)46(57)55-27(6)11-16-39(55)44-49-22-38(51-44)29-12-14-32-30(17-29)24-63-41-21-33-28(18-35(32)41)13-15-36-34(33)20-37(50-36)40-19-31(62-10-2)23-54(40)45(56)42(25(3)4)52-47(58)60-7/h12-15,17-18,21-22,25-27,31,39-40,42-43H,9-11,16,19-20,23-24H2,1-8H3,(H,49,51)(H,52,58)(H,53,59)/t26-,27-,31-,39-,40-,42-,43-/m0/s1. The Hall–Kier alpha value is -5.96. The van der Waals surface area contributed by atoms with Crippen LogP contribution in [-0.4, -0.2) is 107 Å². The minimum absolute atomic E-state index is 0.0164. The lowest BCUT2D eigenvalue weighted by atomic mass is 9.90. The summed E-state index contributed by atoms with van der Waals surface area (Å²) < 4.78 is 22.2. The molecule has 0 spiro atoms. The van der Waals surface area contributed by atoms with Gasteiger partial charge in [-0.15, -0.1) is 0 Å². The van der Waals surface area contributed by atoms with E-state index < -0.39 is 24.3 Å². The molecule has 2 saturated heterocycles. The molecule has 3 aromatic carbocycles. The van der Waals surface area contributed by atoms with Gasteiger partial charge in [-0.3, -0.25) is 14.6 Å². The lowest BCUT2D eigenvalue weighted by Crippen LogP contribution is -2.54. The molecule has 0 bridgehead atoms. The van der Waals surface area contributed by atoms with Gasteiger partial charge in [-0.1, -0.05) is 52.3 Å². The van der Waals surface area contributed by atoms with Crippen LogP contribution in [0.2, 0.25) is 0 Å². The third-order valence-corrected chi connectivity index (χ3v) is 13.4. The fourth-order valence-electron chi connectivity index (χ4n) is 9.79. The number of rotatable bonds is 12. The van der Waals surface area contributed by atoms with E-state index in [4.69, 9.17) is 28.9 Å². The molecule has 63 heavy (non-hydrogen) atoms. The van der Waals surface area contributed by atoms with E-state index >= 15 is 0 Å². The second-order valence-electron chi connectivity index (χ2n) is 17.6. The summed E-state index contributed by atoms with van der Waals surface area (Å²) >= 11 is 0. The number of hydrogen-bond acceptors (Lipinski definition) is 10. The summed E-state index contributed by atoms with van der Waals surface area (Å²) in [5.74, 6) is 0.975. The summed E-state index contributed by atoms with van der Waals surface area (Å²) in [6.07, 6.45) is 3.92. The highest BCUT2D eigenvalue weighted by Gasteiger charge is 2.44. The predicted molar refractivity (Wildman–Crippen MR) is 239 cm³/mol. The number of likely N-dealkylation sites (tertiary alicyclic amines) is 2. The van der Waals surface area contributed by atoms with Gasteiger partial charge >= 0.3 is 12.2 Å². The number of aromatic amines is 1. The van der Waals surface area contributed by atoms with Gasteiger partial charge in [-0.05, 0) is 95.8 Å². The number of hydrogen-bond donors (Lipinski definition) is 3. The number of ether oxygens (including phenoxy) is 4. The monoisotopic (exact) mass is 861 g/mol. The van der Waals surface area contributed by atoms with E-state index in [1.165, 1.54) is 14.2 Å². The number of benzene rings is 3. The van der Waals surface area contributed by atoms with Crippen molar-refractivity contribution in [2.45, 2.75) is 117 Å². The Morgan fingerprint density at radius 3 is 2.40 bits per heavy atom. The summed E-state index contributed by atoms with van der Waals surface area (Å²) in [4.78, 5) is 69.7. The van der Waals surface area contributed by atoms with E-state index in [-0.39, 0.29) is 47.9 Å². The van der Waals surface area contributed by atoms with E-state index in [1.807, 2.05) is 57.5 Å². The summed E-state index contributed by atoms with van der Waals surface area (Å²) in [5.41, 5.74) is 7.84. The molecule has 5 heterocycles. The number of carbonyl (C=O) groups is 4. The number of aliphatic imine (C=N–C) groups is 1. The highest BCUT2D eigenvalue weighted by atomic mass is 16.5. The number of amides is 4. The largest absolute Gasteiger partial charge is 0.488 e. The van der Waals surface area contributed by atoms with E-state index in [0.29, 0.717) is 38.4 Å². The van der Waals surface area contributed by atoms with Gasteiger partial charge in [0.25, 0.3) is 0 Å². The van der Waals surface area contributed by atoms with Crippen molar-refractivity contribution in [3.05, 3.63) is 65.6 Å². The summed E-state index contributed by atoms with van der Waals surface area (Å²) in [5, 5.41) is 7.65. The Morgan fingerprint density at radius 2 is 1.68 bits per heavy atom. The van der Waals surface area contributed by atoms with E-state index in [1.54, 1.807) is 0 Å². The van der Waals surface area contributed by atoms with E-state index in [0.717, 1.165) is 80.7 Å². The molecule has 15 heteroatoms. The molecule has 0 saturated carbocycles. The van der Waals surface area contributed by atoms with Crippen LogP contribution >= 0.6 is 0 Å². The second-order valence-corrected chi connectivity index (χ2v) is 17.6. The predicted octanol–water partition coefficient (Wildman–Crippen LogP) is 7.63. The number of aromatic nitrogens is 2. The van der Waals surface area contributed by atoms with Gasteiger partial charge in [0, 0.05) is 43.3 Å². The van der Waals surface area contributed by atoms with Gasteiger partial charge in [-0.2, -0.15) is 0 Å². The van der Waals surface area contributed by atoms with Crippen molar-refractivity contribution in [3.8, 4) is 28.1 Å². The Morgan fingerprint density at radius 1 is 0.921 bits per heavy atom. The molecule has 7 atom stereocenters. The number of carbonyl (C=O) groups excluding carboxylic acids is 4. The first-order valence-electron chi connectivity index (χ1n) is 22.3. The summed E-state index contributed by atoms with van der Waals surface area (Å²) in [7, 11) is 2.60. The first-order chi connectivity index (χ1) is 30.3. The SMILES string of the molecule is CCO[C@H]1C[C@@H](C2=Nc3ccc4cc5c(cc4c3C2)OCc2cc(-c3cnc([C@@H]4CC[C@H](C)N4C(=O)[C@@H](NC(=O)OC)[C@@H](C)CC)[nH]3)ccc2-5)N(C(=O)[C@@H](NC(=O)OC)C(C)C)C1. The molecule has 4 amide bonds. The van der Waals surface area contributed by atoms with Crippen LogP contribution in [0, 0.1) is 11.8 Å². The van der Waals surface area contributed by atoms with Crippen molar-refractivity contribution in [3.63, 3.8) is 0 Å². The van der Waals surface area contributed by atoms with Gasteiger partial charge in [0.2, 0.25) is 11.8 Å². The van der Waals surface area contributed by atoms with E-state index in [9.17, 15) is 19.2 Å². The van der Waals surface area contributed by atoms with Crippen LogP contribution in [0.5, 0.6) is 5.75 Å². The molecule has 1 aromatic heterocycles. The number of imidazole rings is 1. The van der Waals surface area contributed by atoms with Crippen LogP contribution in [-0.2, 0) is 36.8 Å². The first-order valence-corrected chi connectivity index (χ1v) is 22.3. The van der Waals surface area contributed by atoms with Crippen molar-refractivity contribution < 1.29 is 38.1 Å². The molecule has 4 aromatic rings. The average molecular weight is 862 g/mol. The van der Waals surface area contributed by atoms with Gasteiger partial charge in [-0.25, -0.2) is 14.6 Å². The number of nitrogens with zero attached hydrogens (tertiary/aromatic N) is 4. The molecule has 0 aliphatic carbocycles. The smallest absolute Gasteiger partial charge is 0.407 e. The number of fused-ring (bicyclic) bond motifs is 6. The third kappa shape index (κ3) is 8.34. The highest BCUT2D eigenvalue weighted by Crippen LogP contribution is 2.45. The second kappa shape index (κ2) is 18.0. The zero-order chi connectivity index (χ0) is 44.7. The minimum Gasteiger partial charge on any atom is -0.488 e. The highest BCUT2D eigenvalue weighted by molar-refractivity contribution is 6.06. The summed E-state index contributed by atoms with van der Waals surface area (Å²) in [6, 6.07) is 12.8. The van der Waals surface area contributed by atoms with Crippen molar-refractivity contribution >= 4 is 46.2 Å². The lowest BCUT2D eigenvalue weighted by molar-refractivity contribution is -0.137. The molecule has 4 aliphatic rings. The maximum absolute atomic E-state index is 14.1. The maximum atomic E-state index is 14.1. The van der Waals surface area contributed by atoms with Crippen molar-refractivity contribution in [1.29, 1.82) is 0 Å². The number of alkyl carbamates (subject to hydrolysis) is 2. The van der Waals surface area contributed by atoms with Gasteiger partial charge in [0.05, 0.1) is 50.0 Å². The molecule has 15 nitrogen and oxygen atoms in total. The topological polar surface area (TPSA) is 177 Å². The molecule has 8 rings (SSSR count). The molecular formula is C48H59N7O8. The molecule has 3 N–H and O–H groups in total. The van der Waals surface area contributed by atoms with Crippen molar-refractivity contribution in [2.24, 2.45) is 16.8 Å². The summed E-state index contributed by atoms with van der Waals surface area (Å²) in [6.45, 7) is 13.1. The lowest BCUT2D eigenvalue weighted by Gasteiger charge is -2.33. The zero-order valence-electron chi connectivity index (χ0n) is 37.4. The number of H-pyrrole nitrogens is 1. The van der Waals surface area contributed by atoms with Crippen LogP contribution in [0.3, 0.4) is 0 Å².